The lowest BCUT2D eigenvalue weighted by Gasteiger charge is -2.19. The van der Waals surface area contributed by atoms with Crippen LogP contribution in [0.4, 0.5) is 11.4 Å². The van der Waals surface area contributed by atoms with Crippen molar-refractivity contribution in [3.63, 3.8) is 0 Å². The number of nitrogens with two attached hydrogens (primary N) is 1. The molecule has 0 aromatic heterocycles. The minimum atomic E-state index is 0.0964. The first-order valence-electron chi connectivity index (χ1n) is 6.91. The Kier molecular flexibility index (Phi) is 3.29. The van der Waals surface area contributed by atoms with Crippen molar-refractivity contribution < 1.29 is 9.53 Å². The Morgan fingerprint density at radius 1 is 1.24 bits per heavy atom. The molecule has 0 bridgehead atoms. The number of rotatable bonds is 3. The lowest BCUT2D eigenvalue weighted by molar-refractivity contribution is -0.117. The SMILES string of the molecule is COc1ccc(C)cc1CN1C(=O)Cc2cc(N)ccc21. The second-order valence-electron chi connectivity index (χ2n) is 5.36. The first-order chi connectivity index (χ1) is 10.1. The van der Waals surface area contributed by atoms with Crippen LogP contribution in [0.15, 0.2) is 36.4 Å². The summed E-state index contributed by atoms with van der Waals surface area (Å²) in [6.07, 6.45) is 0.411. The number of carbonyl (C=O) groups excluding carboxylic acids is 1. The van der Waals surface area contributed by atoms with Crippen molar-refractivity contribution in [1.29, 1.82) is 0 Å². The normalized spacial score (nSPS) is 13.4. The van der Waals surface area contributed by atoms with E-state index in [0.29, 0.717) is 18.7 Å². The van der Waals surface area contributed by atoms with Crippen LogP contribution in [-0.4, -0.2) is 13.0 Å². The van der Waals surface area contributed by atoms with Crippen LogP contribution in [0.2, 0.25) is 0 Å². The van der Waals surface area contributed by atoms with E-state index in [2.05, 4.69) is 6.07 Å². The van der Waals surface area contributed by atoms with Gasteiger partial charge in [0.1, 0.15) is 5.75 Å². The second kappa shape index (κ2) is 5.13. The van der Waals surface area contributed by atoms with E-state index in [9.17, 15) is 4.79 Å². The van der Waals surface area contributed by atoms with Crippen LogP contribution in [0.5, 0.6) is 5.75 Å². The van der Waals surface area contributed by atoms with Crippen LogP contribution in [0.3, 0.4) is 0 Å². The number of nitrogen functional groups attached to an aromatic ring is 1. The van der Waals surface area contributed by atoms with Crippen molar-refractivity contribution in [2.24, 2.45) is 0 Å². The fourth-order valence-electron chi connectivity index (χ4n) is 2.78. The maximum atomic E-state index is 12.3. The lowest BCUT2D eigenvalue weighted by Crippen LogP contribution is -2.26. The molecule has 1 aliphatic heterocycles. The van der Waals surface area contributed by atoms with Gasteiger partial charge in [0.05, 0.1) is 20.1 Å². The summed E-state index contributed by atoms with van der Waals surface area (Å²) < 4.78 is 5.39. The Labute approximate surface area is 124 Å². The zero-order valence-electron chi connectivity index (χ0n) is 12.2. The number of carbonyl (C=O) groups is 1. The fraction of sp³-hybridized carbons (Fsp3) is 0.235. The molecule has 0 atom stereocenters. The number of nitrogens with zero attached hydrogens (tertiary/aromatic N) is 1. The molecule has 0 unspecified atom stereocenters. The third-order valence-corrected chi connectivity index (χ3v) is 3.80. The third kappa shape index (κ3) is 2.44. The van der Waals surface area contributed by atoms with Gasteiger partial charge in [-0.05, 0) is 36.8 Å². The van der Waals surface area contributed by atoms with Crippen LogP contribution < -0.4 is 15.4 Å². The van der Waals surface area contributed by atoms with Crippen molar-refractivity contribution in [2.75, 3.05) is 17.7 Å². The van der Waals surface area contributed by atoms with E-state index in [1.54, 1.807) is 12.0 Å². The van der Waals surface area contributed by atoms with Crippen molar-refractivity contribution >= 4 is 17.3 Å². The molecular weight excluding hydrogens is 264 g/mol. The minimum Gasteiger partial charge on any atom is -0.496 e. The van der Waals surface area contributed by atoms with Crippen LogP contribution in [0.1, 0.15) is 16.7 Å². The van der Waals surface area contributed by atoms with Gasteiger partial charge >= 0.3 is 0 Å². The molecule has 0 spiro atoms. The number of benzene rings is 2. The summed E-state index contributed by atoms with van der Waals surface area (Å²) in [7, 11) is 1.65. The van der Waals surface area contributed by atoms with E-state index >= 15 is 0 Å². The van der Waals surface area contributed by atoms with Gasteiger partial charge in [-0.1, -0.05) is 17.7 Å². The monoisotopic (exact) mass is 282 g/mol. The van der Waals surface area contributed by atoms with Crippen LogP contribution >= 0.6 is 0 Å². The summed E-state index contributed by atoms with van der Waals surface area (Å²) in [5, 5.41) is 0. The molecule has 0 saturated carbocycles. The molecule has 2 aromatic rings. The Morgan fingerprint density at radius 2 is 2.05 bits per heavy atom. The van der Waals surface area contributed by atoms with E-state index in [0.717, 1.165) is 28.1 Å². The Balaban J connectivity index is 1.96. The number of amides is 1. The highest BCUT2D eigenvalue weighted by atomic mass is 16.5. The number of hydrogen-bond acceptors (Lipinski definition) is 3. The van der Waals surface area contributed by atoms with Gasteiger partial charge in [-0.15, -0.1) is 0 Å². The smallest absolute Gasteiger partial charge is 0.231 e. The maximum absolute atomic E-state index is 12.3. The van der Waals surface area contributed by atoms with Gasteiger partial charge in [-0.2, -0.15) is 0 Å². The zero-order valence-corrected chi connectivity index (χ0v) is 12.2. The molecule has 0 aliphatic carbocycles. The maximum Gasteiger partial charge on any atom is 0.231 e. The van der Waals surface area contributed by atoms with Gasteiger partial charge in [0.25, 0.3) is 0 Å². The molecule has 0 fully saturated rings. The molecule has 1 heterocycles. The summed E-state index contributed by atoms with van der Waals surface area (Å²) in [6, 6.07) is 11.6. The molecule has 1 aliphatic rings. The van der Waals surface area contributed by atoms with Gasteiger partial charge in [0.15, 0.2) is 0 Å². The summed E-state index contributed by atoms with van der Waals surface area (Å²) in [5.41, 5.74) is 10.6. The summed E-state index contributed by atoms with van der Waals surface area (Å²) >= 11 is 0. The van der Waals surface area contributed by atoms with Gasteiger partial charge < -0.3 is 15.4 Å². The van der Waals surface area contributed by atoms with E-state index in [4.69, 9.17) is 10.5 Å². The fourth-order valence-corrected chi connectivity index (χ4v) is 2.78. The van der Waals surface area contributed by atoms with E-state index in [1.807, 2.05) is 37.3 Å². The van der Waals surface area contributed by atoms with Crippen molar-refractivity contribution in [3.8, 4) is 5.75 Å². The Hall–Kier alpha value is -2.49. The molecular formula is C17H18N2O2. The second-order valence-corrected chi connectivity index (χ2v) is 5.36. The van der Waals surface area contributed by atoms with E-state index in [-0.39, 0.29) is 5.91 Å². The zero-order chi connectivity index (χ0) is 15.0. The molecule has 1 amide bonds. The predicted octanol–water partition coefficient (Wildman–Crippen LogP) is 2.68. The number of ether oxygens (including phenoxy) is 1. The molecule has 2 N–H and O–H groups in total. The third-order valence-electron chi connectivity index (χ3n) is 3.80. The molecule has 0 radical (unpaired) electrons. The number of methoxy groups -OCH3 is 1. The lowest BCUT2D eigenvalue weighted by atomic mass is 10.1. The quantitative estimate of drug-likeness (QED) is 0.881. The average Bonchev–Trinajstić information content (AvgIpc) is 2.74. The number of anilines is 2. The van der Waals surface area contributed by atoms with Crippen molar-refractivity contribution in [3.05, 3.63) is 53.1 Å². The topological polar surface area (TPSA) is 55.6 Å². The number of fused-ring (bicyclic) bond motifs is 1. The predicted molar refractivity (Wildman–Crippen MR) is 83.5 cm³/mol. The van der Waals surface area contributed by atoms with Crippen molar-refractivity contribution in [1.82, 2.24) is 0 Å². The Bertz CT molecular complexity index is 710. The summed E-state index contributed by atoms with van der Waals surface area (Å²) in [6.45, 7) is 2.55. The van der Waals surface area contributed by atoms with Crippen LogP contribution in [-0.2, 0) is 17.8 Å². The number of hydrogen-bond donors (Lipinski definition) is 1. The standard InChI is InChI=1S/C17H18N2O2/c1-11-3-6-16(21-2)13(7-11)10-19-15-5-4-14(18)8-12(15)9-17(19)20/h3-8H,9-10,18H2,1-2H3. The summed E-state index contributed by atoms with van der Waals surface area (Å²) in [5.74, 6) is 0.899. The van der Waals surface area contributed by atoms with E-state index < -0.39 is 0 Å². The molecule has 21 heavy (non-hydrogen) atoms. The highest BCUT2D eigenvalue weighted by Crippen LogP contribution is 2.33. The average molecular weight is 282 g/mol. The van der Waals surface area contributed by atoms with Gasteiger partial charge in [-0.3, -0.25) is 4.79 Å². The molecule has 2 aromatic carbocycles. The van der Waals surface area contributed by atoms with Crippen LogP contribution in [0.25, 0.3) is 0 Å². The molecule has 4 nitrogen and oxygen atoms in total. The van der Waals surface area contributed by atoms with Gasteiger partial charge in [-0.25, -0.2) is 0 Å². The largest absolute Gasteiger partial charge is 0.496 e. The van der Waals surface area contributed by atoms with Gasteiger partial charge in [0.2, 0.25) is 5.91 Å². The molecule has 4 heteroatoms. The Morgan fingerprint density at radius 3 is 2.81 bits per heavy atom. The van der Waals surface area contributed by atoms with Gasteiger partial charge in [0, 0.05) is 16.9 Å². The molecule has 3 rings (SSSR count). The van der Waals surface area contributed by atoms with Crippen molar-refractivity contribution in [2.45, 2.75) is 19.9 Å². The first kappa shape index (κ1) is 13.5. The minimum absolute atomic E-state index is 0.0964. The highest BCUT2D eigenvalue weighted by molar-refractivity contribution is 6.01. The molecule has 0 saturated heterocycles. The number of aryl methyl sites for hydroxylation is 1. The van der Waals surface area contributed by atoms with E-state index in [1.165, 1.54) is 0 Å². The first-order valence-corrected chi connectivity index (χ1v) is 6.91. The van der Waals surface area contributed by atoms with Crippen LogP contribution in [0, 0.1) is 6.92 Å². The molecule has 108 valence electrons. The summed E-state index contributed by atoms with van der Waals surface area (Å²) in [4.78, 5) is 14.1. The highest BCUT2D eigenvalue weighted by Gasteiger charge is 2.27.